The van der Waals surface area contributed by atoms with Gasteiger partial charge in [0.15, 0.2) is 0 Å². The number of amides is 2. The molecule has 5 rings (SSSR count). The van der Waals surface area contributed by atoms with Crippen molar-refractivity contribution in [1.82, 2.24) is 14.7 Å². The number of rotatable bonds is 1. The third kappa shape index (κ3) is 2.70. The highest BCUT2D eigenvalue weighted by Crippen LogP contribution is 2.30. The molecule has 0 unspecified atom stereocenters. The molecule has 3 heterocycles. The molecule has 0 fully saturated rings. The first-order chi connectivity index (χ1) is 13.6. The van der Waals surface area contributed by atoms with Gasteiger partial charge >= 0.3 is 6.03 Å². The Hall–Kier alpha value is -3.67. The number of pyridine rings is 1. The molecule has 2 aromatic carbocycles. The predicted octanol–water partition coefficient (Wildman–Crippen LogP) is 4.75. The standard InChI is InChI=1S/C22H17FN4O/c1-13-2-3-15-9-19(13)26-22(28)25-11-18-8-16(14-4-6-17(23)7-5-14)10-21-24-12-20(15)27(18)21/h2-10,12H,11H2,1H3,(H2,25,26,28). The number of hydrogen-bond donors (Lipinski definition) is 2. The van der Waals surface area contributed by atoms with Crippen LogP contribution < -0.4 is 10.6 Å². The second-order valence-corrected chi connectivity index (χ2v) is 6.92. The van der Waals surface area contributed by atoms with E-state index in [0.29, 0.717) is 6.54 Å². The van der Waals surface area contributed by atoms with E-state index in [4.69, 9.17) is 0 Å². The average Bonchev–Trinajstić information content (AvgIpc) is 3.12. The summed E-state index contributed by atoms with van der Waals surface area (Å²) in [5, 5.41) is 5.81. The van der Waals surface area contributed by atoms with Gasteiger partial charge in [-0.05, 0) is 53.9 Å². The number of carbonyl (C=O) groups is 1. The zero-order chi connectivity index (χ0) is 19.3. The molecule has 0 spiro atoms. The number of halogens is 1. The molecule has 0 radical (unpaired) electrons. The first kappa shape index (κ1) is 16.5. The molecule has 1 aliphatic rings. The average molecular weight is 372 g/mol. The summed E-state index contributed by atoms with van der Waals surface area (Å²) in [7, 11) is 0. The van der Waals surface area contributed by atoms with Crippen LogP contribution in [0.15, 0.2) is 60.8 Å². The summed E-state index contributed by atoms with van der Waals surface area (Å²) in [6, 6.07) is 16.0. The van der Waals surface area contributed by atoms with Gasteiger partial charge in [-0.2, -0.15) is 0 Å². The Balaban J connectivity index is 1.75. The number of nitrogens with one attached hydrogen (secondary N) is 2. The topological polar surface area (TPSA) is 58.4 Å². The summed E-state index contributed by atoms with van der Waals surface area (Å²) in [4.78, 5) is 16.9. The number of aromatic nitrogens is 2. The third-order valence-corrected chi connectivity index (χ3v) is 5.07. The highest BCUT2D eigenvalue weighted by Gasteiger charge is 2.16. The fraction of sp³-hybridized carbons (Fsp3) is 0.0909. The van der Waals surface area contributed by atoms with Crippen molar-refractivity contribution in [1.29, 1.82) is 0 Å². The maximum Gasteiger partial charge on any atom is 0.319 e. The minimum Gasteiger partial charge on any atom is -0.332 e. The zero-order valence-corrected chi connectivity index (χ0v) is 15.2. The number of anilines is 1. The lowest BCUT2D eigenvalue weighted by Gasteiger charge is -2.17. The normalized spacial score (nSPS) is 13.1. The number of hydrogen-bond acceptors (Lipinski definition) is 2. The van der Waals surface area contributed by atoms with E-state index < -0.39 is 0 Å². The molecule has 4 aromatic rings. The monoisotopic (exact) mass is 372 g/mol. The molecular formula is C22H17FN4O. The van der Waals surface area contributed by atoms with E-state index in [1.165, 1.54) is 12.1 Å². The maximum absolute atomic E-state index is 13.3. The van der Waals surface area contributed by atoms with Crippen molar-refractivity contribution in [3.05, 3.63) is 77.9 Å². The Morgan fingerprint density at radius 1 is 1.00 bits per heavy atom. The number of nitrogens with zero attached hydrogens (tertiary/aromatic N) is 2. The van der Waals surface area contributed by atoms with Crippen molar-refractivity contribution in [2.45, 2.75) is 13.5 Å². The van der Waals surface area contributed by atoms with Crippen LogP contribution in [0.5, 0.6) is 0 Å². The van der Waals surface area contributed by atoms with Gasteiger partial charge in [-0.1, -0.05) is 24.3 Å². The lowest BCUT2D eigenvalue weighted by molar-refractivity contribution is 0.251. The molecule has 0 atom stereocenters. The second-order valence-electron chi connectivity index (χ2n) is 6.92. The van der Waals surface area contributed by atoms with Crippen molar-refractivity contribution < 1.29 is 9.18 Å². The third-order valence-electron chi connectivity index (χ3n) is 5.07. The van der Waals surface area contributed by atoms with Gasteiger partial charge in [0.05, 0.1) is 18.4 Å². The van der Waals surface area contributed by atoms with Crippen LogP contribution >= 0.6 is 0 Å². The zero-order valence-electron chi connectivity index (χ0n) is 15.2. The number of aryl methyl sites for hydroxylation is 1. The van der Waals surface area contributed by atoms with Crippen molar-refractivity contribution in [2.75, 3.05) is 5.32 Å². The molecule has 0 aliphatic carbocycles. The van der Waals surface area contributed by atoms with Crippen LogP contribution in [0.3, 0.4) is 0 Å². The minimum atomic E-state index is -0.274. The molecule has 0 saturated heterocycles. The number of fused-ring (bicyclic) bond motifs is 3. The molecule has 138 valence electrons. The van der Waals surface area contributed by atoms with Crippen LogP contribution in [0.25, 0.3) is 28.0 Å². The van der Waals surface area contributed by atoms with Crippen LogP contribution in [0.4, 0.5) is 14.9 Å². The summed E-state index contributed by atoms with van der Waals surface area (Å²) in [5.74, 6) is -0.274. The van der Waals surface area contributed by atoms with Crippen LogP contribution in [0.2, 0.25) is 0 Å². The summed E-state index contributed by atoms with van der Waals surface area (Å²) in [6.45, 7) is 2.30. The largest absolute Gasteiger partial charge is 0.332 e. The fourth-order valence-electron chi connectivity index (χ4n) is 3.59. The fourth-order valence-corrected chi connectivity index (χ4v) is 3.59. The quantitative estimate of drug-likeness (QED) is 0.507. The van der Waals surface area contributed by atoms with Crippen LogP contribution in [-0.2, 0) is 6.54 Å². The van der Waals surface area contributed by atoms with Crippen molar-refractivity contribution in [3.63, 3.8) is 0 Å². The SMILES string of the molecule is Cc1ccc2cc1NC(=O)NCc1cc(-c3ccc(F)cc3)cc3ncc-2n13. The number of urea groups is 1. The summed E-state index contributed by atoms with van der Waals surface area (Å²) >= 11 is 0. The van der Waals surface area contributed by atoms with E-state index in [0.717, 1.165) is 45.0 Å². The lowest BCUT2D eigenvalue weighted by Crippen LogP contribution is -2.29. The number of benzene rings is 2. The second kappa shape index (κ2) is 6.20. The van der Waals surface area contributed by atoms with Crippen molar-refractivity contribution >= 4 is 17.4 Å². The highest BCUT2D eigenvalue weighted by molar-refractivity contribution is 5.91. The molecule has 28 heavy (non-hydrogen) atoms. The maximum atomic E-state index is 13.3. The molecule has 2 aromatic heterocycles. The predicted molar refractivity (Wildman–Crippen MR) is 107 cm³/mol. The first-order valence-electron chi connectivity index (χ1n) is 9.01. The Kier molecular flexibility index (Phi) is 3.65. The molecule has 0 saturated carbocycles. The van der Waals surface area contributed by atoms with Crippen molar-refractivity contribution in [2.24, 2.45) is 0 Å². The van der Waals surface area contributed by atoms with Gasteiger partial charge in [0.2, 0.25) is 0 Å². The van der Waals surface area contributed by atoms with Gasteiger partial charge < -0.3 is 10.6 Å². The van der Waals surface area contributed by atoms with Crippen LogP contribution in [0.1, 0.15) is 11.3 Å². The molecule has 5 nitrogen and oxygen atoms in total. The Morgan fingerprint density at radius 2 is 1.79 bits per heavy atom. The van der Waals surface area contributed by atoms with E-state index in [1.807, 2.05) is 47.9 Å². The van der Waals surface area contributed by atoms with E-state index in [2.05, 4.69) is 15.6 Å². The first-order valence-corrected chi connectivity index (χ1v) is 9.01. The molecule has 6 heteroatoms. The smallest absolute Gasteiger partial charge is 0.319 e. The Labute approximate surface area is 160 Å². The summed E-state index contributed by atoms with van der Waals surface area (Å²) < 4.78 is 15.3. The van der Waals surface area contributed by atoms with E-state index in [1.54, 1.807) is 12.1 Å². The summed E-state index contributed by atoms with van der Waals surface area (Å²) in [5.41, 5.74) is 7.18. The molecule has 2 bridgehead atoms. The van der Waals surface area contributed by atoms with Crippen LogP contribution in [0, 0.1) is 12.7 Å². The minimum absolute atomic E-state index is 0.260. The molecule has 2 N–H and O–H groups in total. The molecular weight excluding hydrogens is 355 g/mol. The highest BCUT2D eigenvalue weighted by atomic mass is 19.1. The number of imidazole rings is 1. The van der Waals surface area contributed by atoms with Crippen LogP contribution in [-0.4, -0.2) is 15.4 Å². The van der Waals surface area contributed by atoms with Gasteiger partial charge in [0.25, 0.3) is 0 Å². The lowest BCUT2D eigenvalue weighted by atomic mass is 10.0. The van der Waals surface area contributed by atoms with Gasteiger partial charge in [0, 0.05) is 16.9 Å². The Morgan fingerprint density at radius 3 is 2.61 bits per heavy atom. The Bertz CT molecular complexity index is 1230. The molecule has 1 aliphatic heterocycles. The van der Waals surface area contributed by atoms with Gasteiger partial charge in [0.1, 0.15) is 11.5 Å². The van der Waals surface area contributed by atoms with Gasteiger partial charge in [-0.3, -0.25) is 4.40 Å². The summed E-state index contributed by atoms with van der Waals surface area (Å²) in [6.07, 6.45) is 1.84. The van der Waals surface area contributed by atoms with Gasteiger partial charge in [-0.15, -0.1) is 0 Å². The van der Waals surface area contributed by atoms with Gasteiger partial charge in [-0.25, -0.2) is 14.2 Å². The van der Waals surface area contributed by atoms with E-state index in [9.17, 15) is 9.18 Å². The molecule has 2 amide bonds. The number of carbonyl (C=O) groups excluding carboxylic acids is 1. The van der Waals surface area contributed by atoms with E-state index >= 15 is 0 Å². The van der Waals surface area contributed by atoms with Crippen molar-refractivity contribution in [3.8, 4) is 22.4 Å². The van der Waals surface area contributed by atoms with E-state index in [-0.39, 0.29) is 11.8 Å².